The van der Waals surface area contributed by atoms with Gasteiger partial charge in [0.05, 0.1) is 6.61 Å². The zero-order chi connectivity index (χ0) is 10.4. The molecular weight excluding hydrogens is 198 g/mol. The maximum absolute atomic E-state index is 6.12. The van der Waals surface area contributed by atoms with Crippen LogP contribution in [0.15, 0.2) is 18.2 Å². The molecule has 1 aromatic rings. The summed E-state index contributed by atoms with van der Waals surface area (Å²) in [6, 6.07) is 5.94. The third-order valence-corrected chi connectivity index (χ3v) is 2.49. The summed E-state index contributed by atoms with van der Waals surface area (Å²) in [6.07, 6.45) is 0.939. The van der Waals surface area contributed by atoms with Crippen LogP contribution in [0.5, 0.6) is 0 Å². The summed E-state index contributed by atoms with van der Waals surface area (Å²) in [6.45, 7) is 1.56. The van der Waals surface area contributed by atoms with Crippen molar-refractivity contribution in [1.29, 1.82) is 0 Å². The Labute approximate surface area is 90.2 Å². The highest BCUT2D eigenvalue weighted by molar-refractivity contribution is 6.31. The lowest BCUT2D eigenvalue weighted by Crippen LogP contribution is -2.12. The highest BCUT2D eigenvalue weighted by atomic mass is 35.5. The second-order valence-corrected chi connectivity index (χ2v) is 3.57. The third kappa shape index (κ3) is 2.98. The minimum atomic E-state index is 0.625. The molecule has 0 radical (unpaired) electrons. The van der Waals surface area contributed by atoms with E-state index in [1.165, 1.54) is 11.1 Å². The Balaban J connectivity index is 2.84. The van der Waals surface area contributed by atoms with Crippen molar-refractivity contribution in [2.75, 3.05) is 20.7 Å². The molecule has 0 aliphatic carbocycles. The molecule has 0 aliphatic rings. The highest BCUT2D eigenvalue weighted by Gasteiger charge is 2.05. The third-order valence-electron chi connectivity index (χ3n) is 2.14. The van der Waals surface area contributed by atoms with Crippen molar-refractivity contribution >= 4 is 11.6 Å². The van der Waals surface area contributed by atoms with Gasteiger partial charge in [0.1, 0.15) is 0 Å². The number of likely N-dealkylation sites (N-methyl/N-ethyl adjacent to an activating group) is 1. The number of rotatable bonds is 5. The second kappa shape index (κ2) is 6.02. The lowest BCUT2D eigenvalue weighted by Gasteiger charge is -2.10. The van der Waals surface area contributed by atoms with Crippen LogP contribution in [0.25, 0.3) is 0 Å². The predicted molar refractivity (Wildman–Crippen MR) is 59.8 cm³/mol. The van der Waals surface area contributed by atoms with Crippen LogP contribution >= 0.6 is 11.6 Å². The fourth-order valence-corrected chi connectivity index (χ4v) is 1.71. The molecule has 1 aromatic carbocycles. The molecule has 2 nitrogen and oxygen atoms in total. The number of hydrogen-bond donors (Lipinski definition) is 1. The van der Waals surface area contributed by atoms with E-state index in [0.29, 0.717) is 6.61 Å². The van der Waals surface area contributed by atoms with Crippen molar-refractivity contribution in [2.24, 2.45) is 0 Å². The SMILES string of the molecule is CNCCc1c(Cl)cccc1COC. The Kier molecular flexibility index (Phi) is 4.94. The van der Waals surface area contributed by atoms with Crippen LogP contribution < -0.4 is 5.32 Å². The van der Waals surface area contributed by atoms with E-state index >= 15 is 0 Å². The summed E-state index contributed by atoms with van der Waals surface area (Å²) in [5.41, 5.74) is 2.36. The van der Waals surface area contributed by atoms with Crippen LogP contribution in [0.4, 0.5) is 0 Å². The highest BCUT2D eigenvalue weighted by Crippen LogP contribution is 2.21. The van der Waals surface area contributed by atoms with Crippen molar-refractivity contribution < 1.29 is 4.74 Å². The van der Waals surface area contributed by atoms with Crippen LogP contribution in [0.1, 0.15) is 11.1 Å². The van der Waals surface area contributed by atoms with Crippen molar-refractivity contribution in [3.63, 3.8) is 0 Å². The van der Waals surface area contributed by atoms with E-state index in [2.05, 4.69) is 11.4 Å². The monoisotopic (exact) mass is 213 g/mol. The Hall–Kier alpha value is -0.570. The van der Waals surface area contributed by atoms with Gasteiger partial charge < -0.3 is 10.1 Å². The molecule has 0 bridgehead atoms. The first-order valence-electron chi connectivity index (χ1n) is 4.69. The van der Waals surface area contributed by atoms with Crippen LogP contribution in [-0.2, 0) is 17.8 Å². The molecule has 0 aliphatic heterocycles. The van der Waals surface area contributed by atoms with Gasteiger partial charge >= 0.3 is 0 Å². The largest absolute Gasteiger partial charge is 0.380 e. The summed E-state index contributed by atoms with van der Waals surface area (Å²) in [4.78, 5) is 0. The molecule has 0 unspecified atom stereocenters. The molecule has 0 atom stereocenters. The standard InChI is InChI=1S/C11H16ClNO/c1-13-7-6-10-9(8-14-2)4-3-5-11(10)12/h3-5,13H,6-8H2,1-2H3. The van der Waals surface area contributed by atoms with Crippen molar-refractivity contribution in [2.45, 2.75) is 13.0 Å². The Morgan fingerprint density at radius 2 is 2.21 bits per heavy atom. The molecule has 3 heteroatoms. The number of methoxy groups -OCH3 is 1. The van der Waals surface area contributed by atoms with Gasteiger partial charge in [-0.3, -0.25) is 0 Å². The first-order valence-corrected chi connectivity index (χ1v) is 5.07. The van der Waals surface area contributed by atoms with E-state index in [4.69, 9.17) is 16.3 Å². The maximum Gasteiger partial charge on any atom is 0.0716 e. The van der Waals surface area contributed by atoms with Gasteiger partial charge in [-0.1, -0.05) is 23.7 Å². The summed E-state index contributed by atoms with van der Waals surface area (Å²) in [5.74, 6) is 0. The molecule has 0 saturated carbocycles. The number of benzene rings is 1. The molecule has 0 aromatic heterocycles. The minimum Gasteiger partial charge on any atom is -0.380 e. The molecule has 78 valence electrons. The van der Waals surface area contributed by atoms with E-state index in [9.17, 15) is 0 Å². The van der Waals surface area contributed by atoms with E-state index < -0.39 is 0 Å². The molecule has 0 spiro atoms. The minimum absolute atomic E-state index is 0.625. The summed E-state index contributed by atoms with van der Waals surface area (Å²) >= 11 is 6.12. The Morgan fingerprint density at radius 1 is 1.43 bits per heavy atom. The lowest BCUT2D eigenvalue weighted by molar-refractivity contribution is 0.184. The summed E-state index contributed by atoms with van der Waals surface area (Å²) in [7, 11) is 3.63. The topological polar surface area (TPSA) is 21.3 Å². The van der Waals surface area contributed by atoms with Gasteiger partial charge in [-0.2, -0.15) is 0 Å². The summed E-state index contributed by atoms with van der Waals surface area (Å²) < 4.78 is 5.12. The van der Waals surface area contributed by atoms with Gasteiger partial charge in [-0.25, -0.2) is 0 Å². The lowest BCUT2D eigenvalue weighted by atomic mass is 10.1. The molecule has 0 fully saturated rings. The van der Waals surface area contributed by atoms with Crippen LogP contribution in [0.2, 0.25) is 5.02 Å². The first-order chi connectivity index (χ1) is 6.79. The second-order valence-electron chi connectivity index (χ2n) is 3.16. The van der Waals surface area contributed by atoms with Gasteiger partial charge in [-0.05, 0) is 37.2 Å². The average Bonchev–Trinajstić information content (AvgIpc) is 2.18. The molecule has 0 heterocycles. The number of ether oxygens (including phenoxy) is 1. The van der Waals surface area contributed by atoms with Crippen molar-refractivity contribution in [3.8, 4) is 0 Å². The molecular formula is C11H16ClNO. The predicted octanol–water partition coefficient (Wildman–Crippen LogP) is 2.25. The summed E-state index contributed by atoms with van der Waals surface area (Å²) in [5, 5.41) is 3.94. The van der Waals surface area contributed by atoms with E-state index in [-0.39, 0.29) is 0 Å². The van der Waals surface area contributed by atoms with Gasteiger partial charge in [0.2, 0.25) is 0 Å². The first kappa shape index (κ1) is 11.5. The zero-order valence-corrected chi connectivity index (χ0v) is 9.40. The zero-order valence-electron chi connectivity index (χ0n) is 8.64. The van der Waals surface area contributed by atoms with Crippen LogP contribution in [0.3, 0.4) is 0 Å². The quantitative estimate of drug-likeness (QED) is 0.810. The normalized spacial score (nSPS) is 10.5. The van der Waals surface area contributed by atoms with Crippen LogP contribution in [-0.4, -0.2) is 20.7 Å². The van der Waals surface area contributed by atoms with Gasteiger partial charge in [-0.15, -0.1) is 0 Å². The van der Waals surface area contributed by atoms with E-state index in [0.717, 1.165) is 18.0 Å². The van der Waals surface area contributed by atoms with E-state index in [1.54, 1.807) is 7.11 Å². The fourth-order valence-electron chi connectivity index (χ4n) is 1.42. The number of nitrogens with one attached hydrogen (secondary N) is 1. The van der Waals surface area contributed by atoms with Crippen molar-refractivity contribution in [3.05, 3.63) is 34.3 Å². The van der Waals surface area contributed by atoms with Crippen LogP contribution in [0, 0.1) is 0 Å². The Morgan fingerprint density at radius 3 is 2.86 bits per heavy atom. The van der Waals surface area contributed by atoms with Gasteiger partial charge in [0, 0.05) is 12.1 Å². The molecule has 1 rings (SSSR count). The number of hydrogen-bond acceptors (Lipinski definition) is 2. The molecule has 0 amide bonds. The van der Waals surface area contributed by atoms with Gasteiger partial charge in [0.25, 0.3) is 0 Å². The molecule has 0 saturated heterocycles. The van der Waals surface area contributed by atoms with E-state index in [1.807, 2.05) is 19.2 Å². The van der Waals surface area contributed by atoms with Crippen molar-refractivity contribution in [1.82, 2.24) is 5.32 Å². The average molecular weight is 214 g/mol. The molecule has 1 N–H and O–H groups in total. The van der Waals surface area contributed by atoms with Gasteiger partial charge in [0.15, 0.2) is 0 Å². The fraction of sp³-hybridized carbons (Fsp3) is 0.455. The smallest absolute Gasteiger partial charge is 0.0716 e. The Bertz CT molecular complexity index is 289. The maximum atomic E-state index is 6.12. The molecule has 14 heavy (non-hydrogen) atoms. The number of halogens is 1.